The standard InChI is InChI=1S/C19H17N3O2/c1-3-11-22-16-10-5-4-9-15(16)17(19(22)24)20-21-18(23)14-8-6-7-13(2)12-14/h3-10,12H,1,11H2,2H3,(H,21,23)/b20-17-. The minimum absolute atomic E-state index is 0.230. The van der Waals surface area contributed by atoms with Crippen molar-refractivity contribution in [3.8, 4) is 0 Å². The van der Waals surface area contributed by atoms with Crippen LogP contribution in [0.25, 0.3) is 0 Å². The van der Waals surface area contributed by atoms with Gasteiger partial charge in [0.2, 0.25) is 0 Å². The SMILES string of the molecule is C=CCN1C(=O)/C(=N\NC(=O)c2cccc(C)c2)c2ccccc21. The molecule has 0 fully saturated rings. The summed E-state index contributed by atoms with van der Waals surface area (Å²) in [4.78, 5) is 26.4. The van der Waals surface area contributed by atoms with Crippen LogP contribution in [-0.4, -0.2) is 24.1 Å². The van der Waals surface area contributed by atoms with Gasteiger partial charge in [0.05, 0.1) is 5.69 Å². The third kappa shape index (κ3) is 2.84. The Kier molecular flexibility index (Phi) is 4.24. The maximum Gasteiger partial charge on any atom is 0.279 e. The van der Waals surface area contributed by atoms with Crippen molar-refractivity contribution >= 4 is 23.2 Å². The summed E-state index contributed by atoms with van der Waals surface area (Å²) in [5, 5.41) is 4.08. The first-order chi connectivity index (χ1) is 11.6. The van der Waals surface area contributed by atoms with E-state index in [0.29, 0.717) is 17.7 Å². The number of carbonyl (C=O) groups excluding carboxylic acids is 2. The van der Waals surface area contributed by atoms with Crippen molar-refractivity contribution in [3.63, 3.8) is 0 Å². The van der Waals surface area contributed by atoms with Crippen molar-refractivity contribution in [2.45, 2.75) is 6.92 Å². The molecule has 5 heteroatoms. The van der Waals surface area contributed by atoms with Crippen LogP contribution in [0, 0.1) is 6.92 Å². The molecule has 1 aliphatic rings. The van der Waals surface area contributed by atoms with Gasteiger partial charge in [0.25, 0.3) is 11.8 Å². The van der Waals surface area contributed by atoms with E-state index in [1.165, 1.54) is 0 Å². The van der Waals surface area contributed by atoms with E-state index in [2.05, 4.69) is 17.1 Å². The summed E-state index contributed by atoms with van der Waals surface area (Å²) in [5.41, 5.74) is 5.66. The first-order valence-electron chi connectivity index (χ1n) is 7.58. The molecule has 1 N–H and O–H groups in total. The van der Waals surface area contributed by atoms with Crippen molar-refractivity contribution in [3.05, 3.63) is 77.9 Å². The lowest BCUT2D eigenvalue weighted by Crippen LogP contribution is -2.31. The predicted octanol–water partition coefficient (Wildman–Crippen LogP) is 2.66. The average Bonchev–Trinajstić information content (AvgIpc) is 2.85. The molecule has 1 heterocycles. The summed E-state index contributed by atoms with van der Waals surface area (Å²) < 4.78 is 0. The largest absolute Gasteiger partial charge is 0.302 e. The summed E-state index contributed by atoms with van der Waals surface area (Å²) in [6.45, 7) is 5.97. The lowest BCUT2D eigenvalue weighted by molar-refractivity contribution is -0.112. The number of nitrogens with zero attached hydrogens (tertiary/aromatic N) is 2. The average molecular weight is 319 g/mol. The molecule has 2 amide bonds. The third-order valence-corrected chi connectivity index (χ3v) is 3.76. The normalized spacial score (nSPS) is 14.6. The van der Waals surface area contributed by atoms with E-state index in [0.717, 1.165) is 11.3 Å². The number of benzene rings is 2. The second-order valence-electron chi connectivity index (χ2n) is 5.49. The van der Waals surface area contributed by atoms with Crippen LogP contribution in [0.15, 0.2) is 66.3 Å². The molecule has 5 nitrogen and oxygen atoms in total. The molecule has 0 spiro atoms. The molecule has 0 saturated carbocycles. The van der Waals surface area contributed by atoms with Gasteiger partial charge in [-0.15, -0.1) is 6.58 Å². The van der Waals surface area contributed by atoms with Gasteiger partial charge in [0, 0.05) is 17.7 Å². The number of aryl methyl sites for hydroxylation is 1. The Labute approximate surface area is 140 Å². The molecule has 0 aromatic heterocycles. The number of para-hydroxylation sites is 1. The Hall–Kier alpha value is -3.21. The van der Waals surface area contributed by atoms with E-state index in [1.807, 2.05) is 37.3 Å². The van der Waals surface area contributed by atoms with Crippen LogP contribution >= 0.6 is 0 Å². The molecule has 0 saturated heterocycles. The van der Waals surface area contributed by atoms with Crippen molar-refractivity contribution in [2.75, 3.05) is 11.4 Å². The molecule has 0 radical (unpaired) electrons. The van der Waals surface area contributed by atoms with E-state index in [9.17, 15) is 9.59 Å². The van der Waals surface area contributed by atoms with Crippen LogP contribution in [0.1, 0.15) is 21.5 Å². The van der Waals surface area contributed by atoms with E-state index in [4.69, 9.17) is 0 Å². The van der Waals surface area contributed by atoms with Gasteiger partial charge in [0.15, 0.2) is 5.71 Å². The van der Waals surface area contributed by atoms with Crippen molar-refractivity contribution < 1.29 is 9.59 Å². The molecule has 1 aliphatic heterocycles. The van der Waals surface area contributed by atoms with Gasteiger partial charge in [-0.1, -0.05) is 42.0 Å². The van der Waals surface area contributed by atoms with E-state index >= 15 is 0 Å². The topological polar surface area (TPSA) is 61.8 Å². The van der Waals surface area contributed by atoms with Gasteiger partial charge < -0.3 is 4.90 Å². The van der Waals surface area contributed by atoms with E-state index < -0.39 is 0 Å². The Morgan fingerprint density at radius 2 is 2.04 bits per heavy atom. The van der Waals surface area contributed by atoms with Gasteiger partial charge in [0.1, 0.15) is 0 Å². The number of carbonyl (C=O) groups is 2. The number of amides is 2. The molecule has 0 aliphatic carbocycles. The van der Waals surface area contributed by atoms with Gasteiger partial charge in [-0.3, -0.25) is 9.59 Å². The smallest absolute Gasteiger partial charge is 0.279 e. The highest BCUT2D eigenvalue weighted by molar-refractivity contribution is 6.54. The Morgan fingerprint density at radius 1 is 1.25 bits per heavy atom. The Balaban J connectivity index is 1.88. The molecular formula is C19H17N3O2. The van der Waals surface area contributed by atoms with Crippen LogP contribution in [0.5, 0.6) is 0 Å². The Morgan fingerprint density at radius 3 is 2.79 bits per heavy atom. The predicted molar refractivity (Wildman–Crippen MR) is 94.2 cm³/mol. The highest BCUT2D eigenvalue weighted by Crippen LogP contribution is 2.28. The summed E-state index contributed by atoms with van der Waals surface area (Å²) >= 11 is 0. The van der Waals surface area contributed by atoms with Crippen LogP contribution in [0.2, 0.25) is 0 Å². The molecular weight excluding hydrogens is 302 g/mol. The fraction of sp³-hybridized carbons (Fsp3) is 0.105. The molecule has 3 rings (SSSR count). The maximum absolute atomic E-state index is 12.6. The van der Waals surface area contributed by atoms with Crippen LogP contribution in [-0.2, 0) is 4.79 Å². The molecule has 2 aromatic carbocycles. The maximum atomic E-state index is 12.6. The first kappa shape index (κ1) is 15.7. The monoisotopic (exact) mass is 319 g/mol. The van der Waals surface area contributed by atoms with Crippen LogP contribution < -0.4 is 10.3 Å². The number of rotatable bonds is 4. The van der Waals surface area contributed by atoms with E-state index in [1.54, 1.807) is 29.2 Å². The van der Waals surface area contributed by atoms with Crippen molar-refractivity contribution in [2.24, 2.45) is 5.10 Å². The summed E-state index contributed by atoms with van der Waals surface area (Å²) in [6.07, 6.45) is 1.66. The number of hydrogen-bond donors (Lipinski definition) is 1. The number of nitrogens with one attached hydrogen (secondary N) is 1. The Bertz CT molecular complexity index is 855. The quantitative estimate of drug-likeness (QED) is 0.695. The lowest BCUT2D eigenvalue weighted by Gasteiger charge is -2.13. The minimum atomic E-state index is -0.348. The highest BCUT2D eigenvalue weighted by atomic mass is 16.2. The lowest BCUT2D eigenvalue weighted by atomic mass is 10.1. The van der Waals surface area contributed by atoms with Gasteiger partial charge in [-0.05, 0) is 25.1 Å². The minimum Gasteiger partial charge on any atom is -0.302 e. The summed E-state index contributed by atoms with van der Waals surface area (Å²) in [5.74, 6) is -0.598. The molecule has 24 heavy (non-hydrogen) atoms. The first-order valence-corrected chi connectivity index (χ1v) is 7.58. The molecule has 0 bridgehead atoms. The number of anilines is 1. The fourth-order valence-electron chi connectivity index (χ4n) is 2.64. The van der Waals surface area contributed by atoms with Gasteiger partial charge >= 0.3 is 0 Å². The molecule has 0 unspecified atom stereocenters. The van der Waals surface area contributed by atoms with E-state index in [-0.39, 0.29) is 17.5 Å². The van der Waals surface area contributed by atoms with Crippen LogP contribution in [0.3, 0.4) is 0 Å². The van der Waals surface area contributed by atoms with Crippen molar-refractivity contribution in [1.82, 2.24) is 5.43 Å². The fourth-order valence-corrected chi connectivity index (χ4v) is 2.64. The number of hydrogen-bond acceptors (Lipinski definition) is 3. The van der Waals surface area contributed by atoms with Gasteiger partial charge in [-0.25, -0.2) is 5.43 Å². The second kappa shape index (κ2) is 6.50. The molecule has 120 valence electrons. The number of fused-ring (bicyclic) bond motifs is 1. The molecule has 2 aromatic rings. The third-order valence-electron chi connectivity index (χ3n) is 3.76. The summed E-state index contributed by atoms with van der Waals surface area (Å²) in [7, 11) is 0. The zero-order valence-electron chi connectivity index (χ0n) is 13.3. The van der Waals surface area contributed by atoms with Crippen molar-refractivity contribution in [1.29, 1.82) is 0 Å². The summed E-state index contributed by atoms with van der Waals surface area (Å²) in [6, 6.07) is 14.5. The second-order valence-corrected chi connectivity index (χ2v) is 5.49. The highest BCUT2D eigenvalue weighted by Gasteiger charge is 2.33. The zero-order valence-corrected chi connectivity index (χ0v) is 13.3. The van der Waals surface area contributed by atoms with Gasteiger partial charge in [-0.2, -0.15) is 5.10 Å². The molecule has 0 atom stereocenters. The number of hydrazone groups is 1. The van der Waals surface area contributed by atoms with Crippen LogP contribution in [0.4, 0.5) is 5.69 Å². The zero-order chi connectivity index (χ0) is 17.1.